The third kappa shape index (κ3) is 7.74. The summed E-state index contributed by atoms with van der Waals surface area (Å²) in [6.45, 7) is 7.14. The topological polar surface area (TPSA) is 118 Å². The van der Waals surface area contributed by atoms with E-state index >= 15 is 0 Å². The van der Waals surface area contributed by atoms with Crippen molar-refractivity contribution in [2.75, 3.05) is 0 Å². The van der Waals surface area contributed by atoms with Gasteiger partial charge in [0.25, 0.3) is 0 Å². The molecule has 0 radical (unpaired) electrons. The molecular formula is C22H32O6. The molecule has 0 aliphatic rings. The van der Waals surface area contributed by atoms with E-state index in [0.29, 0.717) is 24.8 Å². The molecule has 5 N–H and O–H groups in total. The Morgan fingerprint density at radius 2 is 1.71 bits per heavy atom. The van der Waals surface area contributed by atoms with E-state index in [0.717, 1.165) is 30.1 Å². The number of carboxylic acid groups (broad SMARTS) is 1. The van der Waals surface area contributed by atoms with Crippen molar-refractivity contribution in [1.29, 1.82) is 0 Å². The van der Waals surface area contributed by atoms with Crippen LogP contribution in [0, 0.1) is 0 Å². The number of aromatic carboxylic acids is 1. The first kappa shape index (κ1) is 23.7. The molecular weight excluding hydrogens is 360 g/mol. The predicted molar refractivity (Wildman–Crippen MR) is 109 cm³/mol. The number of aliphatic hydroxyl groups excluding tert-OH is 1. The number of aromatic hydroxyl groups is 2. The van der Waals surface area contributed by atoms with Crippen LogP contribution in [0.2, 0.25) is 0 Å². The Labute approximate surface area is 166 Å². The molecule has 0 saturated carbocycles. The molecule has 1 aromatic rings. The second-order valence-corrected chi connectivity index (χ2v) is 7.86. The van der Waals surface area contributed by atoms with Crippen molar-refractivity contribution in [3.63, 3.8) is 0 Å². The summed E-state index contributed by atoms with van der Waals surface area (Å²) in [4.78, 5) is 11.1. The number of rotatable bonds is 10. The minimum atomic E-state index is -1.16. The van der Waals surface area contributed by atoms with Gasteiger partial charge >= 0.3 is 5.97 Å². The van der Waals surface area contributed by atoms with Crippen LogP contribution in [-0.2, 0) is 6.42 Å². The van der Waals surface area contributed by atoms with Crippen LogP contribution < -0.4 is 0 Å². The summed E-state index contributed by atoms with van der Waals surface area (Å²) in [6.07, 6.45) is 6.40. The number of hydrogen-bond acceptors (Lipinski definition) is 5. The van der Waals surface area contributed by atoms with Crippen molar-refractivity contribution >= 4 is 5.97 Å². The molecule has 0 bridgehead atoms. The SMILES string of the molecule is CC(=CCc1cc(C(=O)O)cc(O)c1O)CCC=C(C)CC[C@@H](O)C(C)(C)O. The lowest BCUT2D eigenvalue weighted by atomic mass is 9.95. The Hall–Kier alpha value is -2.31. The van der Waals surface area contributed by atoms with E-state index in [1.54, 1.807) is 13.8 Å². The zero-order valence-corrected chi connectivity index (χ0v) is 17.1. The normalized spacial score (nSPS) is 14.2. The van der Waals surface area contributed by atoms with Crippen LogP contribution in [-0.4, -0.2) is 43.2 Å². The molecule has 0 amide bonds. The molecule has 156 valence electrons. The van der Waals surface area contributed by atoms with E-state index in [2.05, 4.69) is 6.08 Å². The molecule has 0 aliphatic heterocycles. The van der Waals surface area contributed by atoms with Gasteiger partial charge in [-0.05, 0) is 71.9 Å². The highest BCUT2D eigenvalue weighted by molar-refractivity contribution is 5.89. The average Bonchev–Trinajstić information content (AvgIpc) is 2.59. The molecule has 1 aromatic carbocycles. The van der Waals surface area contributed by atoms with Crippen LogP contribution in [0.3, 0.4) is 0 Å². The smallest absolute Gasteiger partial charge is 0.335 e. The van der Waals surface area contributed by atoms with E-state index in [9.17, 15) is 25.2 Å². The Kier molecular flexibility index (Phi) is 8.72. The second-order valence-electron chi connectivity index (χ2n) is 7.86. The molecule has 0 unspecified atom stereocenters. The van der Waals surface area contributed by atoms with E-state index < -0.39 is 23.4 Å². The first-order valence-corrected chi connectivity index (χ1v) is 9.41. The van der Waals surface area contributed by atoms with Crippen molar-refractivity contribution in [3.05, 3.63) is 46.6 Å². The fourth-order valence-electron chi connectivity index (χ4n) is 2.71. The molecule has 0 heterocycles. The molecule has 0 aliphatic carbocycles. The Balaban J connectivity index is 2.59. The maximum Gasteiger partial charge on any atom is 0.335 e. The highest BCUT2D eigenvalue weighted by Gasteiger charge is 2.23. The van der Waals surface area contributed by atoms with Gasteiger partial charge in [-0.1, -0.05) is 23.3 Å². The zero-order chi connectivity index (χ0) is 21.5. The second kappa shape index (κ2) is 10.3. The van der Waals surface area contributed by atoms with Gasteiger partial charge < -0.3 is 25.5 Å². The number of carboxylic acids is 1. The van der Waals surface area contributed by atoms with Gasteiger partial charge in [0.05, 0.1) is 17.3 Å². The fourth-order valence-corrected chi connectivity index (χ4v) is 2.71. The lowest BCUT2D eigenvalue weighted by Gasteiger charge is -2.24. The van der Waals surface area contributed by atoms with Gasteiger partial charge in [-0.15, -0.1) is 0 Å². The number of allylic oxidation sites excluding steroid dienone is 4. The zero-order valence-electron chi connectivity index (χ0n) is 17.1. The first-order chi connectivity index (χ1) is 12.9. The number of carbonyl (C=O) groups is 1. The van der Waals surface area contributed by atoms with Gasteiger partial charge in [0.1, 0.15) is 0 Å². The molecule has 6 heteroatoms. The lowest BCUT2D eigenvalue weighted by molar-refractivity contribution is -0.0509. The van der Waals surface area contributed by atoms with Gasteiger partial charge in [-0.25, -0.2) is 4.79 Å². The van der Waals surface area contributed by atoms with Crippen molar-refractivity contribution in [2.45, 2.75) is 71.5 Å². The van der Waals surface area contributed by atoms with Gasteiger partial charge in [0.2, 0.25) is 0 Å². The van der Waals surface area contributed by atoms with Gasteiger partial charge in [-0.2, -0.15) is 0 Å². The quantitative estimate of drug-likeness (QED) is 0.304. The standard InChI is InChI=1S/C22H32O6/c1-14(6-5-7-15(2)9-11-19(24)22(3,4)28)8-10-16-12-17(21(26)27)13-18(23)20(16)25/h7-8,12-13,19,23-25,28H,5-6,9-11H2,1-4H3,(H,26,27)/t19-/m1/s1. The number of phenols is 2. The summed E-state index contributed by atoms with van der Waals surface area (Å²) in [6, 6.07) is 2.39. The van der Waals surface area contributed by atoms with Crippen LogP contribution in [0.25, 0.3) is 0 Å². The van der Waals surface area contributed by atoms with E-state index in [-0.39, 0.29) is 11.3 Å². The maximum absolute atomic E-state index is 11.1. The molecule has 1 rings (SSSR count). The van der Waals surface area contributed by atoms with Crippen molar-refractivity contribution in [1.82, 2.24) is 0 Å². The lowest BCUT2D eigenvalue weighted by Crippen LogP contribution is -2.35. The highest BCUT2D eigenvalue weighted by Crippen LogP contribution is 2.31. The molecule has 28 heavy (non-hydrogen) atoms. The summed E-state index contributed by atoms with van der Waals surface area (Å²) >= 11 is 0. The molecule has 0 spiro atoms. The summed E-state index contributed by atoms with van der Waals surface area (Å²) in [7, 11) is 0. The predicted octanol–water partition coefficient (Wildman–Crippen LogP) is 3.92. The minimum absolute atomic E-state index is 0.0665. The van der Waals surface area contributed by atoms with Crippen LogP contribution >= 0.6 is 0 Å². The largest absolute Gasteiger partial charge is 0.504 e. The van der Waals surface area contributed by atoms with Crippen LogP contribution in [0.15, 0.2) is 35.4 Å². The highest BCUT2D eigenvalue weighted by atomic mass is 16.4. The Bertz CT molecular complexity index is 740. The Morgan fingerprint density at radius 1 is 1.11 bits per heavy atom. The van der Waals surface area contributed by atoms with Gasteiger partial charge in [0, 0.05) is 5.56 Å². The van der Waals surface area contributed by atoms with Crippen molar-refractivity contribution in [2.24, 2.45) is 0 Å². The third-order valence-electron chi connectivity index (χ3n) is 4.75. The van der Waals surface area contributed by atoms with E-state index in [4.69, 9.17) is 5.11 Å². The van der Waals surface area contributed by atoms with Crippen molar-refractivity contribution in [3.8, 4) is 11.5 Å². The number of hydrogen-bond donors (Lipinski definition) is 5. The first-order valence-electron chi connectivity index (χ1n) is 9.41. The van der Waals surface area contributed by atoms with Gasteiger partial charge in [0.15, 0.2) is 11.5 Å². The molecule has 1 atom stereocenters. The summed E-state index contributed by atoms with van der Waals surface area (Å²) in [5, 5.41) is 48.2. The van der Waals surface area contributed by atoms with Crippen LogP contribution in [0.4, 0.5) is 0 Å². The average molecular weight is 392 g/mol. The monoisotopic (exact) mass is 392 g/mol. The van der Waals surface area contributed by atoms with E-state index in [1.807, 2.05) is 19.9 Å². The van der Waals surface area contributed by atoms with Crippen LogP contribution in [0.5, 0.6) is 11.5 Å². The molecule has 0 fully saturated rings. The number of aliphatic hydroxyl groups is 2. The van der Waals surface area contributed by atoms with Crippen LogP contribution in [0.1, 0.15) is 69.3 Å². The minimum Gasteiger partial charge on any atom is -0.504 e. The summed E-state index contributed by atoms with van der Waals surface area (Å²) in [5.74, 6) is -1.89. The third-order valence-corrected chi connectivity index (χ3v) is 4.75. The summed E-state index contributed by atoms with van der Waals surface area (Å²) in [5.41, 5.74) is 1.43. The molecule has 0 saturated heterocycles. The van der Waals surface area contributed by atoms with Crippen molar-refractivity contribution < 1.29 is 30.3 Å². The number of benzene rings is 1. The molecule has 6 nitrogen and oxygen atoms in total. The maximum atomic E-state index is 11.1. The van der Waals surface area contributed by atoms with Gasteiger partial charge in [-0.3, -0.25) is 0 Å². The Morgan fingerprint density at radius 3 is 2.29 bits per heavy atom. The fraction of sp³-hybridized carbons (Fsp3) is 0.500. The summed E-state index contributed by atoms with van der Waals surface area (Å²) < 4.78 is 0. The number of phenolic OH excluding ortho intramolecular Hbond substituents is 2. The van der Waals surface area contributed by atoms with E-state index in [1.165, 1.54) is 6.07 Å². The molecule has 0 aromatic heterocycles.